The molecule has 0 unspecified atom stereocenters. The van der Waals surface area contributed by atoms with Gasteiger partial charge in [-0.15, -0.1) is 0 Å². The summed E-state index contributed by atoms with van der Waals surface area (Å²) in [5.74, 6) is 1.05. The monoisotopic (exact) mass is 314 g/mol. The average Bonchev–Trinajstić information content (AvgIpc) is 3.12. The number of thioether (sulfide) groups is 1. The molecule has 3 rings (SSSR count). The van der Waals surface area contributed by atoms with Gasteiger partial charge >= 0.3 is 0 Å². The lowest BCUT2D eigenvalue weighted by Crippen LogP contribution is -2.30. The van der Waals surface area contributed by atoms with E-state index >= 15 is 0 Å². The van der Waals surface area contributed by atoms with Crippen LogP contribution in [0.3, 0.4) is 0 Å². The van der Waals surface area contributed by atoms with Gasteiger partial charge in [0.1, 0.15) is 16.6 Å². The molecule has 0 spiro atoms. The van der Waals surface area contributed by atoms with Crippen molar-refractivity contribution >= 4 is 27.5 Å². The molecule has 5 heteroatoms. The van der Waals surface area contributed by atoms with Gasteiger partial charge in [-0.25, -0.2) is 4.99 Å². The van der Waals surface area contributed by atoms with Crippen LogP contribution < -0.4 is 10.2 Å². The van der Waals surface area contributed by atoms with Crippen LogP contribution in [0.4, 0.5) is 5.69 Å². The molecule has 1 aromatic rings. The van der Waals surface area contributed by atoms with E-state index in [-0.39, 0.29) is 0 Å². The fraction of sp³-hybridized carbons (Fsp3) is 0.412. The summed E-state index contributed by atoms with van der Waals surface area (Å²) >= 11 is 1.68. The minimum atomic E-state index is 0.944. The molecule has 2 heterocycles. The zero-order valence-electron chi connectivity index (χ0n) is 13.6. The molecule has 0 saturated heterocycles. The normalized spacial score (nSPS) is 21.2. The van der Waals surface area contributed by atoms with Crippen LogP contribution >= 0.6 is 11.8 Å². The van der Waals surface area contributed by atoms with Gasteiger partial charge in [-0.1, -0.05) is 36.4 Å². The summed E-state index contributed by atoms with van der Waals surface area (Å²) in [6, 6.07) is 6.67. The Morgan fingerprint density at radius 2 is 2.27 bits per heavy atom. The van der Waals surface area contributed by atoms with Crippen molar-refractivity contribution in [2.24, 2.45) is 9.98 Å². The minimum Gasteiger partial charge on any atom is -0.373 e. The lowest BCUT2D eigenvalue weighted by Gasteiger charge is -2.24. The number of aryl methyl sites for hydroxylation is 1. The average molecular weight is 314 g/mol. The molecule has 22 heavy (non-hydrogen) atoms. The van der Waals surface area contributed by atoms with Crippen LogP contribution in [-0.4, -0.2) is 30.7 Å². The highest BCUT2D eigenvalue weighted by molar-refractivity contribution is 8.27. The Kier molecular flexibility index (Phi) is 4.25. The molecule has 116 valence electrons. The molecule has 2 aliphatic rings. The van der Waals surface area contributed by atoms with Crippen molar-refractivity contribution < 1.29 is 0 Å². The summed E-state index contributed by atoms with van der Waals surface area (Å²) in [5, 5.41) is 5.49. The molecular formula is C17H22N4S. The van der Waals surface area contributed by atoms with Crippen molar-refractivity contribution in [2.75, 3.05) is 25.5 Å². The smallest absolute Gasteiger partial charge is 0.136 e. The van der Waals surface area contributed by atoms with Crippen LogP contribution in [0, 0.1) is 6.92 Å². The van der Waals surface area contributed by atoms with Crippen molar-refractivity contribution in [3.63, 3.8) is 0 Å². The molecule has 1 aromatic carbocycles. The van der Waals surface area contributed by atoms with Gasteiger partial charge in [0.2, 0.25) is 0 Å². The molecule has 0 saturated carbocycles. The molecular weight excluding hydrogens is 292 g/mol. The van der Waals surface area contributed by atoms with Crippen LogP contribution in [0.2, 0.25) is 0 Å². The van der Waals surface area contributed by atoms with E-state index in [1.807, 2.05) is 14.1 Å². The van der Waals surface area contributed by atoms with Crippen LogP contribution in [0.15, 0.2) is 39.7 Å². The second-order valence-corrected chi connectivity index (χ2v) is 6.53. The second kappa shape index (κ2) is 6.16. The van der Waals surface area contributed by atoms with Crippen molar-refractivity contribution in [1.29, 1.82) is 0 Å². The molecule has 0 aromatic heterocycles. The Bertz CT molecular complexity index is 688. The topological polar surface area (TPSA) is 40.0 Å². The maximum absolute atomic E-state index is 4.79. The summed E-state index contributed by atoms with van der Waals surface area (Å²) in [4.78, 5) is 11.5. The first-order valence-corrected chi connectivity index (χ1v) is 8.51. The molecule has 0 radical (unpaired) electrons. The Morgan fingerprint density at radius 3 is 2.95 bits per heavy atom. The van der Waals surface area contributed by atoms with Gasteiger partial charge < -0.3 is 10.2 Å². The SMILES string of the molecule is CCC1=NC(=C(/NC)N2CCc3cc(C)ccc32)/C(=N\C)S1. The van der Waals surface area contributed by atoms with E-state index in [1.165, 1.54) is 16.8 Å². The van der Waals surface area contributed by atoms with Gasteiger partial charge in [-0.05, 0) is 31.4 Å². The molecule has 0 bridgehead atoms. The van der Waals surface area contributed by atoms with Crippen molar-refractivity contribution in [1.82, 2.24) is 5.32 Å². The van der Waals surface area contributed by atoms with Gasteiger partial charge in [-0.2, -0.15) is 0 Å². The molecule has 4 nitrogen and oxygen atoms in total. The van der Waals surface area contributed by atoms with Crippen molar-refractivity contribution in [2.45, 2.75) is 26.7 Å². The van der Waals surface area contributed by atoms with Crippen LogP contribution in [0.5, 0.6) is 0 Å². The second-order valence-electron chi connectivity index (χ2n) is 5.47. The number of benzene rings is 1. The van der Waals surface area contributed by atoms with E-state index in [4.69, 9.17) is 4.99 Å². The minimum absolute atomic E-state index is 0.944. The van der Waals surface area contributed by atoms with E-state index in [0.29, 0.717) is 0 Å². The Morgan fingerprint density at radius 1 is 1.45 bits per heavy atom. The number of fused-ring (bicyclic) bond motifs is 1. The number of anilines is 1. The third-order valence-electron chi connectivity index (χ3n) is 4.02. The van der Waals surface area contributed by atoms with Crippen LogP contribution in [0.1, 0.15) is 24.5 Å². The maximum Gasteiger partial charge on any atom is 0.136 e. The quantitative estimate of drug-likeness (QED) is 0.930. The first-order valence-electron chi connectivity index (χ1n) is 7.69. The predicted octanol–water partition coefficient (Wildman–Crippen LogP) is 3.33. The zero-order chi connectivity index (χ0) is 15.7. The summed E-state index contributed by atoms with van der Waals surface area (Å²) in [7, 11) is 3.80. The van der Waals surface area contributed by atoms with Crippen molar-refractivity contribution in [3.8, 4) is 0 Å². The number of nitrogens with zero attached hydrogens (tertiary/aromatic N) is 3. The van der Waals surface area contributed by atoms with E-state index in [2.05, 4.69) is 47.3 Å². The molecule has 0 atom stereocenters. The highest BCUT2D eigenvalue weighted by Gasteiger charge is 2.28. The number of nitrogens with one attached hydrogen (secondary N) is 1. The molecule has 1 N–H and O–H groups in total. The van der Waals surface area contributed by atoms with Gasteiger partial charge in [0.15, 0.2) is 0 Å². The van der Waals surface area contributed by atoms with Crippen LogP contribution in [0.25, 0.3) is 0 Å². The number of rotatable bonds is 3. The first kappa shape index (κ1) is 15.2. The molecule has 0 fully saturated rings. The van der Waals surface area contributed by atoms with E-state index in [0.717, 1.165) is 41.0 Å². The van der Waals surface area contributed by atoms with Gasteiger partial charge in [0, 0.05) is 26.3 Å². The molecule has 0 aliphatic carbocycles. The van der Waals surface area contributed by atoms with E-state index < -0.39 is 0 Å². The summed E-state index contributed by atoms with van der Waals surface area (Å²) in [6.07, 6.45) is 2.02. The summed E-state index contributed by atoms with van der Waals surface area (Å²) in [6.45, 7) is 5.26. The zero-order valence-corrected chi connectivity index (χ0v) is 14.4. The molecule has 0 amide bonds. The number of aliphatic imine (C=N–C) groups is 2. The Balaban J connectivity index is 2.07. The third-order valence-corrected chi connectivity index (χ3v) is 5.21. The largest absolute Gasteiger partial charge is 0.373 e. The molecule has 2 aliphatic heterocycles. The highest BCUT2D eigenvalue weighted by Crippen LogP contribution is 2.35. The summed E-state index contributed by atoms with van der Waals surface area (Å²) in [5.41, 5.74) is 4.98. The van der Waals surface area contributed by atoms with Gasteiger partial charge in [-0.3, -0.25) is 4.99 Å². The Hall–Kier alpha value is -1.75. The van der Waals surface area contributed by atoms with Gasteiger partial charge in [0.25, 0.3) is 0 Å². The lowest BCUT2D eigenvalue weighted by atomic mass is 10.1. The predicted molar refractivity (Wildman–Crippen MR) is 97.0 cm³/mol. The van der Waals surface area contributed by atoms with E-state index in [9.17, 15) is 0 Å². The first-order chi connectivity index (χ1) is 10.7. The fourth-order valence-corrected chi connectivity index (χ4v) is 3.79. The van der Waals surface area contributed by atoms with Crippen molar-refractivity contribution in [3.05, 3.63) is 40.8 Å². The van der Waals surface area contributed by atoms with Gasteiger partial charge in [0.05, 0.1) is 5.04 Å². The van der Waals surface area contributed by atoms with Crippen LogP contribution in [-0.2, 0) is 6.42 Å². The third kappa shape index (κ3) is 2.54. The highest BCUT2D eigenvalue weighted by atomic mass is 32.2. The maximum atomic E-state index is 4.79. The Labute approximate surface area is 136 Å². The number of hydrogen-bond acceptors (Lipinski definition) is 5. The number of hydrogen-bond donors (Lipinski definition) is 1. The fourth-order valence-electron chi connectivity index (χ4n) is 2.96. The summed E-state index contributed by atoms with van der Waals surface area (Å²) < 4.78 is 0. The standard InChI is InChI=1S/C17H22N4S/c1-5-14-20-15(17(19-4)22-14)16(18-3)21-9-8-12-10-11(2)6-7-13(12)21/h6-7,10,18H,5,8-9H2,1-4H3/b16-15-,19-17+. The van der Waals surface area contributed by atoms with E-state index in [1.54, 1.807) is 11.8 Å². The lowest BCUT2D eigenvalue weighted by molar-refractivity contribution is 0.835.